The monoisotopic (exact) mass is 267 g/mol. The fourth-order valence-corrected chi connectivity index (χ4v) is 1.78. The molecule has 3 heteroatoms. The highest BCUT2D eigenvalue weighted by Crippen LogP contribution is 2.29. The van der Waals surface area contributed by atoms with Crippen molar-refractivity contribution >= 4 is 11.6 Å². The van der Waals surface area contributed by atoms with Gasteiger partial charge in [-0.3, -0.25) is 0 Å². The zero-order valence-electron chi connectivity index (χ0n) is 11.3. The SMILES string of the molecule is C=C(CC)COc1c(Cl)cccc1CNCCC. The Bertz CT molecular complexity index is 390. The topological polar surface area (TPSA) is 21.3 Å². The minimum atomic E-state index is 0.529. The Balaban J connectivity index is 2.70. The van der Waals surface area contributed by atoms with Gasteiger partial charge < -0.3 is 10.1 Å². The molecule has 1 aromatic carbocycles. The van der Waals surface area contributed by atoms with Crippen molar-refractivity contribution in [1.82, 2.24) is 5.32 Å². The van der Waals surface area contributed by atoms with Crippen molar-refractivity contribution < 1.29 is 4.74 Å². The van der Waals surface area contributed by atoms with Gasteiger partial charge in [-0.1, -0.05) is 44.2 Å². The predicted octanol–water partition coefficient (Wildman–Crippen LogP) is 4.18. The van der Waals surface area contributed by atoms with Crippen molar-refractivity contribution in [2.75, 3.05) is 13.2 Å². The molecule has 0 radical (unpaired) electrons. The number of halogens is 1. The summed E-state index contributed by atoms with van der Waals surface area (Å²) in [7, 11) is 0. The van der Waals surface area contributed by atoms with E-state index < -0.39 is 0 Å². The molecule has 1 rings (SSSR count). The van der Waals surface area contributed by atoms with Gasteiger partial charge in [-0.15, -0.1) is 0 Å². The second kappa shape index (κ2) is 8.17. The van der Waals surface area contributed by atoms with E-state index >= 15 is 0 Å². The number of nitrogens with one attached hydrogen (secondary N) is 1. The fourth-order valence-electron chi connectivity index (χ4n) is 1.53. The van der Waals surface area contributed by atoms with Gasteiger partial charge in [0.05, 0.1) is 5.02 Å². The quantitative estimate of drug-likeness (QED) is 0.563. The van der Waals surface area contributed by atoms with Crippen molar-refractivity contribution in [2.45, 2.75) is 33.2 Å². The maximum absolute atomic E-state index is 6.19. The fraction of sp³-hybridized carbons (Fsp3) is 0.467. The molecule has 0 saturated carbocycles. The van der Waals surface area contributed by atoms with Crippen LogP contribution >= 0.6 is 11.6 Å². The molecule has 0 aliphatic heterocycles. The molecule has 0 spiro atoms. The van der Waals surface area contributed by atoms with Crippen LogP contribution in [0.2, 0.25) is 5.02 Å². The summed E-state index contributed by atoms with van der Waals surface area (Å²) >= 11 is 6.19. The molecule has 1 aromatic rings. The highest BCUT2D eigenvalue weighted by Gasteiger charge is 2.08. The highest BCUT2D eigenvalue weighted by molar-refractivity contribution is 6.32. The van der Waals surface area contributed by atoms with E-state index in [-0.39, 0.29) is 0 Å². The molecule has 0 unspecified atom stereocenters. The molecule has 0 heterocycles. The third kappa shape index (κ3) is 4.71. The molecule has 0 aromatic heterocycles. The summed E-state index contributed by atoms with van der Waals surface area (Å²) in [6.45, 7) is 10.5. The largest absolute Gasteiger partial charge is 0.487 e. The van der Waals surface area contributed by atoms with Gasteiger partial charge >= 0.3 is 0 Å². The van der Waals surface area contributed by atoms with E-state index in [1.165, 1.54) is 0 Å². The van der Waals surface area contributed by atoms with Crippen LogP contribution in [0.5, 0.6) is 5.75 Å². The number of rotatable bonds is 8. The normalized spacial score (nSPS) is 10.4. The zero-order chi connectivity index (χ0) is 13.4. The van der Waals surface area contributed by atoms with Crippen LogP contribution in [0.4, 0.5) is 0 Å². The van der Waals surface area contributed by atoms with Crippen LogP contribution in [0, 0.1) is 0 Å². The van der Waals surface area contributed by atoms with E-state index in [1.54, 1.807) is 0 Å². The van der Waals surface area contributed by atoms with E-state index in [0.717, 1.165) is 42.8 Å². The van der Waals surface area contributed by atoms with Gasteiger partial charge in [0.15, 0.2) is 0 Å². The van der Waals surface area contributed by atoms with Crippen LogP contribution in [0.25, 0.3) is 0 Å². The smallest absolute Gasteiger partial charge is 0.142 e. The zero-order valence-corrected chi connectivity index (χ0v) is 12.0. The number of benzene rings is 1. The second-order valence-electron chi connectivity index (χ2n) is 4.30. The molecule has 2 nitrogen and oxygen atoms in total. The van der Waals surface area contributed by atoms with Crippen molar-refractivity contribution in [3.8, 4) is 5.75 Å². The Morgan fingerprint density at radius 2 is 2.17 bits per heavy atom. The minimum Gasteiger partial charge on any atom is -0.487 e. The average molecular weight is 268 g/mol. The molecule has 1 N–H and O–H groups in total. The Labute approximate surface area is 115 Å². The number of hydrogen-bond donors (Lipinski definition) is 1. The van der Waals surface area contributed by atoms with Gasteiger partial charge in [0, 0.05) is 12.1 Å². The minimum absolute atomic E-state index is 0.529. The third-order valence-electron chi connectivity index (χ3n) is 2.71. The lowest BCUT2D eigenvalue weighted by molar-refractivity contribution is 0.344. The molecule has 0 fully saturated rings. The van der Waals surface area contributed by atoms with Gasteiger partial charge in [-0.05, 0) is 31.0 Å². The van der Waals surface area contributed by atoms with E-state index in [2.05, 4.69) is 25.7 Å². The average Bonchev–Trinajstić information content (AvgIpc) is 2.38. The summed E-state index contributed by atoms with van der Waals surface area (Å²) in [5.41, 5.74) is 2.17. The first-order chi connectivity index (χ1) is 8.69. The maximum atomic E-state index is 6.19. The first-order valence-corrected chi connectivity index (χ1v) is 6.84. The summed E-state index contributed by atoms with van der Waals surface area (Å²) in [6, 6.07) is 5.85. The van der Waals surface area contributed by atoms with E-state index in [0.29, 0.717) is 11.6 Å². The van der Waals surface area contributed by atoms with Crippen LogP contribution in [0.1, 0.15) is 32.3 Å². The molecule has 0 atom stereocenters. The van der Waals surface area contributed by atoms with E-state index in [1.807, 2.05) is 18.2 Å². The Hall–Kier alpha value is -0.990. The summed E-state index contributed by atoms with van der Waals surface area (Å²) in [5.74, 6) is 0.775. The molecule has 0 saturated heterocycles. The van der Waals surface area contributed by atoms with E-state index in [9.17, 15) is 0 Å². The van der Waals surface area contributed by atoms with Crippen molar-refractivity contribution in [2.24, 2.45) is 0 Å². The maximum Gasteiger partial charge on any atom is 0.142 e. The van der Waals surface area contributed by atoms with Crippen LogP contribution < -0.4 is 10.1 Å². The van der Waals surface area contributed by atoms with Crippen molar-refractivity contribution in [1.29, 1.82) is 0 Å². The molecule has 0 bridgehead atoms. The van der Waals surface area contributed by atoms with Crippen molar-refractivity contribution in [3.05, 3.63) is 40.9 Å². The standard InChI is InChI=1S/C15H22ClNO/c1-4-9-17-10-13-7-6-8-14(16)15(13)18-11-12(3)5-2/h6-8,17H,3-5,9-11H2,1-2H3. The summed E-state index contributed by atoms with van der Waals surface area (Å²) < 4.78 is 5.78. The molecule has 0 amide bonds. The summed E-state index contributed by atoms with van der Waals surface area (Å²) in [6.07, 6.45) is 2.04. The Morgan fingerprint density at radius 1 is 1.39 bits per heavy atom. The third-order valence-corrected chi connectivity index (χ3v) is 3.01. The van der Waals surface area contributed by atoms with Crippen LogP contribution in [0.3, 0.4) is 0 Å². The highest BCUT2D eigenvalue weighted by atomic mass is 35.5. The summed E-state index contributed by atoms with van der Waals surface area (Å²) in [5, 5.41) is 4.02. The van der Waals surface area contributed by atoms with Gasteiger partial charge in [0.2, 0.25) is 0 Å². The van der Waals surface area contributed by atoms with Crippen LogP contribution in [-0.4, -0.2) is 13.2 Å². The van der Waals surface area contributed by atoms with Crippen LogP contribution in [-0.2, 0) is 6.54 Å². The molecule has 0 aliphatic rings. The number of para-hydroxylation sites is 1. The Kier molecular flexibility index (Phi) is 6.84. The molecular formula is C15H22ClNO. The van der Waals surface area contributed by atoms with Gasteiger partial charge in [-0.25, -0.2) is 0 Å². The number of ether oxygens (including phenoxy) is 1. The van der Waals surface area contributed by atoms with Gasteiger partial charge in [-0.2, -0.15) is 0 Å². The second-order valence-corrected chi connectivity index (χ2v) is 4.70. The molecule has 100 valence electrons. The first-order valence-electron chi connectivity index (χ1n) is 6.46. The Morgan fingerprint density at radius 3 is 2.83 bits per heavy atom. The molecule has 18 heavy (non-hydrogen) atoms. The molecule has 0 aliphatic carbocycles. The van der Waals surface area contributed by atoms with Crippen LogP contribution in [0.15, 0.2) is 30.4 Å². The lowest BCUT2D eigenvalue weighted by Crippen LogP contribution is -2.15. The first kappa shape index (κ1) is 15.1. The van der Waals surface area contributed by atoms with Gasteiger partial charge in [0.1, 0.15) is 12.4 Å². The molecular weight excluding hydrogens is 246 g/mol. The lowest BCUT2D eigenvalue weighted by Gasteiger charge is -2.14. The number of hydrogen-bond acceptors (Lipinski definition) is 2. The van der Waals surface area contributed by atoms with E-state index in [4.69, 9.17) is 16.3 Å². The lowest BCUT2D eigenvalue weighted by atomic mass is 10.2. The predicted molar refractivity (Wildman–Crippen MR) is 78.4 cm³/mol. The summed E-state index contributed by atoms with van der Waals surface area (Å²) in [4.78, 5) is 0. The van der Waals surface area contributed by atoms with Crippen molar-refractivity contribution in [3.63, 3.8) is 0 Å². The van der Waals surface area contributed by atoms with Gasteiger partial charge in [0.25, 0.3) is 0 Å².